The Bertz CT molecular complexity index is 706. The number of aliphatic hydroxyl groups is 1. The van der Waals surface area contributed by atoms with E-state index < -0.39 is 6.10 Å². The molecule has 0 bridgehead atoms. The molecule has 0 aliphatic carbocycles. The number of rotatable bonds is 9. The van der Waals surface area contributed by atoms with Crippen molar-refractivity contribution in [2.45, 2.75) is 12.5 Å². The minimum absolute atomic E-state index is 0.0355. The maximum atomic E-state index is 11.5. The molecule has 0 radical (unpaired) electrons. The Labute approximate surface area is 146 Å². The van der Waals surface area contributed by atoms with Gasteiger partial charge in [-0.3, -0.25) is 4.79 Å². The predicted molar refractivity (Wildman–Crippen MR) is 95.1 cm³/mol. The topological polar surface area (TPSA) is 79.8 Å². The summed E-state index contributed by atoms with van der Waals surface area (Å²) < 4.78 is 11.2. The second-order valence-electron chi connectivity index (χ2n) is 5.84. The Balaban J connectivity index is 1.34. The number of hydrogen-bond acceptors (Lipinski definition) is 5. The molecular weight excluding hydrogens is 320 g/mol. The van der Waals surface area contributed by atoms with Gasteiger partial charge >= 0.3 is 0 Å². The van der Waals surface area contributed by atoms with Gasteiger partial charge < -0.3 is 25.2 Å². The lowest BCUT2D eigenvalue weighted by molar-refractivity contribution is -0.115. The molecule has 6 nitrogen and oxygen atoms in total. The monoisotopic (exact) mass is 342 g/mol. The molecule has 1 heterocycles. The number of aliphatic hydroxyl groups excluding tert-OH is 1. The van der Waals surface area contributed by atoms with Gasteiger partial charge in [0.2, 0.25) is 5.91 Å². The quantitative estimate of drug-likeness (QED) is 0.603. The standard InChI is InChI=1S/C19H22N2O4/c22-14(12-20-9-10-24-15-5-2-1-3-6-15)13-25-18-8-4-7-17-16(18)11-19(23)21-17/h1-8,14,20,22H,9-13H2,(H,21,23). The Hall–Kier alpha value is -2.57. The van der Waals surface area contributed by atoms with Gasteiger partial charge in [0.15, 0.2) is 0 Å². The van der Waals surface area contributed by atoms with E-state index in [-0.39, 0.29) is 12.5 Å². The number of hydrogen-bond donors (Lipinski definition) is 3. The zero-order valence-electron chi connectivity index (χ0n) is 13.9. The van der Waals surface area contributed by atoms with Crippen LogP contribution in [0.2, 0.25) is 0 Å². The van der Waals surface area contributed by atoms with Crippen LogP contribution in [0.5, 0.6) is 11.5 Å². The Morgan fingerprint density at radius 3 is 2.80 bits per heavy atom. The first-order valence-electron chi connectivity index (χ1n) is 8.33. The van der Waals surface area contributed by atoms with Crippen LogP contribution in [0.3, 0.4) is 0 Å². The first kappa shape index (κ1) is 17.3. The Morgan fingerprint density at radius 1 is 1.12 bits per heavy atom. The average molecular weight is 342 g/mol. The van der Waals surface area contributed by atoms with Gasteiger partial charge in [0, 0.05) is 24.3 Å². The Kier molecular flexibility index (Phi) is 5.87. The molecule has 6 heteroatoms. The summed E-state index contributed by atoms with van der Waals surface area (Å²) in [5.74, 6) is 1.43. The van der Waals surface area contributed by atoms with E-state index in [1.54, 1.807) is 0 Å². The fraction of sp³-hybridized carbons (Fsp3) is 0.316. The van der Waals surface area contributed by atoms with Crippen LogP contribution in [-0.4, -0.2) is 43.4 Å². The minimum atomic E-state index is -0.641. The van der Waals surface area contributed by atoms with Crippen LogP contribution in [0.4, 0.5) is 5.69 Å². The number of ether oxygens (including phenoxy) is 2. The lowest BCUT2D eigenvalue weighted by atomic mass is 10.1. The van der Waals surface area contributed by atoms with E-state index in [9.17, 15) is 9.90 Å². The van der Waals surface area contributed by atoms with E-state index in [4.69, 9.17) is 9.47 Å². The van der Waals surface area contributed by atoms with Crippen molar-refractivity contribution in [1.82, 2.24) is 5.32 Å². The molecule has 0 spiro atoms. The number of amides is 1. The number of fused-ring (bicyclic) bond motifs is 1. The highest BCUT2D eigenvalue weighted by Crippen LogP contribution is 2.31. The van der Waals surface area contributed by atoms with E-state index in [2.05, 4.69) is 10.6 Å². The van der Waals surface area contributed by atoms with Gasteiger partial charge in [-0.1, -0.05) is 24.3 Å². The summed E-state index contributed by atoms with van der Waals surface area (Å²) >= 11 is 0. The van der Waals surface area contributed by atoms with Crippen molar-refractivity contribution >= 4 is 11.6 Å². The summed E-state index contributed by atoms with van der Waals surface area (Å²) in [7, 11) is 0. The zero-order valence-corrected chi connectivity index (χ0v) is 13.9. The first-order chi connectivity index (χ1) is 12.2. The third-order valence-electron chi connectivity index (χ3n) is 3.85. The molecule has 1 unspecified atom stereocenters. The molecule has 0 saturated heterocycles. The minimum Gasteiger partial charge on any atom is -0.492 e. The van der Waals surface area contributed by atoms with Crippen LogP contribution < -0.4 is 20.1 Å². The van der Waals surface area contributed by atoms with E-state index in [0.29, 0.717) is 31.9 Å². The van der Waals surface area contributed by atoms with E-state index >= 15 is 0 Å². The third kappa shape index (κ3) is 4.95. The van der Waals surface area contributed by atoms with Gasteiger partial charge in [-0.15, -0.1) is 0 Å². The fourth-order valence-electron chi connectivity index (χ4n) is 2.63. The van der Waals surface area contributed by atoms with Crippen LogP contribution in [-0.2, 0) is 11.2 Å². The molecular formula is C19H22N2O4. The second-order valence-corrected chi connectivity index (χ2v) is 5.84. The molecule has 3 N–H and O–H groups in total. The molecule has 0 fully saturated rings. The van der Waals surface area contributed by atoms with Crippen LogP contribution >= 0.6 is 0 Å². The highest BCUT2D eigenvalue weighted by molar-refractivity contribution is 6.00. The number of carbonyl (C=O) groups is 1. The largest absolute Gasteiger partial charge is 0.492 e. The molecule has 2 aromatic rings. The lowest BCUT2D eigenvalue weighted by Crippen LogP contribution is -2.33. The summed E-state index contributed by atoms with van der Waals surface area (Å²) in [6, 6.07) is 15.1. The van der Waals surface area contributed by atoms with Gasteiger partial charge in [-0.25, -0.2) is 0 Å². The summed E-state index contributed by atoms with van der Waals surface area (Å²) in [6.07, 6.45) is -0.325. The number of para-hydroxylation sites is 1. The SMILES string of the molecule is O=C1Cc2c(cccc2OCC(O)CNCCOc2ccccc2)N1. The lowest BCUT2D eigenvalue weighted by Gasteiger charge is -2.15. The summed E-state index contributed by atoms with van der Waals surface area (Å²) in [5, 5.41) is 15.9. The highest BCUT2D eigenvalue weighted by Gasteiger charge is 2.21. The number of anilines is 1. The normalized spacial score (nSPS) is 13.9. The molecule has 2 aromatic carbocycles. The van der Waals surface area contributed by atoms with Crippen LogP contribution in [0, 0.1) is 0 Å². The van der Waals surface area contributed by atoms with Crippen LogP contribution in [0.25, 0.3) is 0 Å². The molecule has 1 atom stereocenters. The molecule has 0 saturated carbocycles. The summed E-state index contributed by atoms with van der Waals surface area (Å²) in [5.41, 5.74) is 1.64. The molecule has 0 aromatic heterocycles. The van der Waals surface area contributed by atoms with Crippen molar-refractivity contribution in [3.63, 3.8) is 0 Å². The van der Waals surface area contributed by atoms with E-state index in [0.717, 1.165) is 17.0 Å². The Morgan fingerprint density at radius 2 is 1.96 bits per heavy atom. The molecule has 1 amide bonds. The summed E-state index contributed by atoms with van der Waals surface area (Å²) in [6.45, 7) is 1.73. The molecule has 1 aliphatic heterocycles. The predicted octanol–water partition coefficient (Wildman–Crippen LogP) is 1.59. The number of benzene rings is 2. The molecule has 1 aliphatic rings. The average Bonchev–Trinajstić information content (AvgIpc) is 3.01. The van der Waals surface area contributed by atoms with Crippen LogP contribution in [0.1, 0.15) is 5.56 Å². The van der Waals surface area contributed by atoms with Gasteiger partial charge in [-0.2, -0.15) is 0 Å². The molecule has 3 rings (SSSR count). The van der Waals surface area contributed by atoms with Crippen molar-refractivity contribution in [3.8, 4) is 11.5 Å². The van der Waals surface area contributed by atoms with Gasteiger partial charge in [0.1, 0.15) is 30.8 Å². The number of carbonyl (C=O) groups excluding carboxylic acids is 1. The smallest absolute Gasteiger partial charge is 0.229 e. The third-order valence-corrected chi connectivity index (χ3v) is 3.85. The van der Waals surface area contributed by atoms with Crippen molar-refractivity contribution < 1.29 is 19.4 Å². The second kappa shape index (κ2) is 8.50. The zero-order chi connectivity index (χ0) is 17.5. The van der Waals surface area contributed by atoms with E-state index in [1.807, 2.05) is 48.5 Å². The molecule has 132 valence electrons. The highest BCUT2D eigenvalue weighted by atomic mass is 16.5. The maximum absolute atomic E-state index is 11.5. The van der Waals surface area contributed by atoms with E-state index in [1.165, 1.54) is 0 Å². The van der Waals surface area contributed by atoms with Gasteiger partial charge in [-0.05, 0) is 24.3 Å². The first-order valence-corrected chi connectivity index (χ1v) is 8.33. The van der Waals surface area contributed by atoms with Crippen molar-refractivity contribution in [2.24, 2.45) is 0 Å². The van der Waals surface area contributed by atoms with Crippen molar-refractivity contribution in [2.75, 3.05) is 31.6 Å². The van der Waals surface area contributed by atoms with Gasteiger partial charge in [0.25, 0.3) is 0 Å². The van der Waals surface area contributed by atoms with Crippen molar-refractivity contribution in [3.05, 3.63) is 54.1 Å². The molecule has 25 heavy (non-hydrogen) atoms. The summed E-state index contributed by atoms with van der Waals surface area (Å²) in [4.78, 5) is 11.5. The van der Waals surface area contributed by atoms with Crippen molar-refractivity contribution in [1.29, 1.82) is 0 Å². The van der Waals surface area contributed by atoms with Gasteiger partial charge in [0.05, 0.1) is 6.42 Å². The van der Waals surface area contributed by atoms with Crippen LogP contribution in [0.15, 0.2) is 48.5 Å². The fourth-order valence-corrected chi connectivity index (χ4v) is 2.63. The number of nitrogens with one attached hydrogen (secondary N) is 2. The maximum Gasteiger partial charge on any atom is 0.229 e.